The third-order valence-electron chi connectivity index (χ3n) is 6.69. The van der Waals surface area contributed by atoms with Crippen molar-refractivity contribution >= 4 is 25.6 Å². The predicted octanol–water partition coefficient (Wildman–Crippen LogP) is 3.33. The first-order chi connectivity index (χ1) is 16.3. The Morgan fingerprint density at radius 3 is 2.38 bits per heavy atom. The van der Waals surface area contributed by atoms with Crippen molar-refractivity contribution in [3.63, 3.8) is 0 Å². The van der Waals surface area contributed by atoms with Crippen molar-refractivity contribution in [2.45, 2.75) is 47.6 Å². The number of rotatable bonds is 8. The predicted molar refractivity (Wildman–Crippen MR) is 131 cm³/mol. The van der Waals surface area contributed by atoms with Crippen molar-refractivity contribution in [1.82, 2.24) is 9.80 Å². The molecule has 2 aliphatic heterocycles. The molecular weight excluding hydrogens is 472 g/mol. The van der Waals surface area contributed by atoms with E-state index in [-0.39, 0.29) is 26.8 Å². The lowest BCUT2D eigenvalue weighted by Crippen LogP contribution is -2.41. The number of carbonyl (C=O) groups is 1. The van der Waals surface area contributed by atoms with Gasteiger partial charge >= 0.3 is 0 Å². The molecular formula is C25H32N2O5S2. The minimum Gasteiger partial charge on any atom is -0.337 e. The zero-order valence-corrected chi connectivity index (χ0v) is 21.2. The first kappa shape index (κ1) is 24.9. The molecule has 0 bridgehead atoms. The second-order valence-corrected chi connectivity index (χ2v) is 13.2. The number of fused-ring (bicyclic) bond motifs is 1. The van der Waals surface area contributed by atoms with Crippen LogP contribution in [0, 0.1) is 0 Å². The van der Waals surface area contributed by atoms with Gasteiger partial charge in [0.05, 0.1) is 15.5 Å². The summed E-state index contributed by atoms with van der Waals surface area (Å²) in [7, 11) is -7.83. The molecule has 1 atom stereocenters. The quantitative estimate of drug-likeness (QED) is 0.548. The summed E-state index contributed by atoms with van der Waals surface area (Å²) < 4.78 is 52.9. The van der Waals surface area contributed by atoms with Gasteiger partial charge in [-0.1, -0.05) is 37.6 Å². The molecule has 0 saturated carbocycles. The standard InChI is InChI=1S/C25H32N2O5S2/c1-2-14-27(18-17-26-15-7-4-8-16-26)25(28)21-12-9-13-22-24(21)23(19-33(22,29)30)34(31,32)20-10-5-3-6-11-20/h3,5-6,9-13,23H,2,4,7-8,14-19H2,1H3. The third kappa shape index (κ3) is 4.92. The van der Waals surface area contributed by atoms with Gasteiger partial charge in [0.25, 0.3) is 5.91 Å². The fourth-order valence-electron chi connectivity index (χ4n) is 4.93. The Morgan fingerprint density at radius 1 is 1.00 bits per heavy atom. The summed E-state index contributed by atoms with van der Waals surface area (Å²) in [6, 6.07) is 12.4. The van der Waals surface area contributed by atoms with Crippen LogP contribution in [0.25, 0.3) is 0 Å². The van der Waals surface area contributed by atoms with Crippen LogP contribution in [0.2, 0.25) is 0 Å². The summed E-state index contributed by atoms with van der Waals surface area (Å²) in [4.78, 5) is 17.8. The van der Waals surface area contributed by atoms with Gasteiger partial charge in [-0.25, -0.2) is 16.8 Å². The highest BCUT2D eigenvalue weighted by Crippen LogP contribution is 2.43. The molecule has 0 spiro atoms. The van der Waals surface area contributed by atoms with Gasteiger partial charge in [0.2, 0.25) is 0 Å². The van der Waals surface area contributed by atoms with E-state index in [0.29, 0.717) is 13.1 Å². The van der Waals surface area contributed by atoms with E-state index in [1.165, 1.54) is 30.7 Å². The van der Waals surface area contributed by atoms with Crippen molar-refractivity contribution in [3.8, 4) is 0 Å². The van der Waals surface area contributed by atoms with Gasteiger partial charge in [-0.3, -0.25) is 4.79 Å². The van der Waals surface area contributed by atoms with Crippen molar-refractivity contribution < 1.29 is 21.6 Å². The molecule has 1 unspecified atom stereocenters. The summed E-state index contributed by atoms with van der Waals surface area (Å²) >= 11 is 0. The van der Waals surface area contributed by atoms with Crippen LogP contribution in [0.5, 0.6) is 0 Å². The largest absolute Gasteiger partial charge is 0.337 e. The minimum absolute atomic E-state index is 0.0460. The zero-order valence-electron chi connectivity index (χ0n) is 19.5. The lowest BCUT2D eigenvalue weighted by molar-refractivity contribution is 0.0728. The van der Waals surface area contributed by atoms with E-state index in [0.717, 1.165) is 38.9 Å². The maximum absolute atomic E-state index is 13.7. The van der Waals surface area contributed by atoms with E-state index < -0.39 is 30.7 Å². The number of likely N-dealkylation sites (tertiary alicyclic amines) is 1. The maximum Gasteiger partial charge on any atom is 0.254 e. The number of piperidine rings is 1. The molecule has 1 fully saturated rings. The van der Waals surface area contributed by atoms with Crippen molar-refractivity contribution in [2.75, 3.05) is 38.5 Å². The summed E-state index contributed by atoms with van der Waals surface area (Å²) in [5.41, 5.74) is 0.297. The minimum atomic E-state index is -4.00. The molecule has 184 valence electrons. The number of amides is 1. The molecule has 7 nitrogen and oxygen atoms in total. The first-order valence-corrected chi connectivity index (χ1v) is 15.1. The Hall–Kier alpha value is -2.23. The Balaban J connectivity index is 1.70. The number of sulfone groups is 2. The molecule has 0 N–H and O–H groups in total. The van der Waals surface area contributed by atoms with Crippen LogP contribution in [-0.2, 0) is 19.7 Å². The molecule has 0 aliphatic carbocycles. The fraction of sp³-hybridized carbons (Fsp3) is 0.480. The molecule has 1 amide bonds. The average molecular weight is 505 g/mol. The van der Waals surface area contributed by atoms with Crippen LogP contribution in [0.15, 0.2) is 58.3 Å². The van der Waals surface area contributed by atoms with Crippen molar-refractivity contribution in [3.05, 3.63) is 59.7 Å². The lowest BCUT2D eigenvalue weighted by Gasteiger charge is -2.30. The Kier molecular flexibility index (Phi) is 7.45. The van der Waals surface area contributed by atoms with E-state index in [1.807, 2.05) is 6.92 Å². The monoisotopic (exact) mass is 504 g/mol. The Bertz CT molecular complexity index is 1240. The number of benzene rings is 2. The van der Waals surface area contributed by atoms with Crippen molar-refractivity contribution in [1.29, 1.82) is 0 Å². The molecule has 2 heterocycles. The second kappa shape index (κ2) is 10.2. The summed E-state index contributed by atoms with van der Waals surface area (Å²) in [6.45, 7) is 5.84. The molecule has 0 radical (unpaired) electrons. The second-order valence-electron chi connectivity index (χ2n) is 9.04. The van der Waals surface area contributed by atoms with Crippen LogP contribution < -0.4 is 0 Å². The summed E-state index contributed by atoms with van der Waals surface area (Å²) in [6.07, 6.45) is 4.30. The van der Waals surface area contributed by atoms with Gasteiger partial charge in [-0.15, -0.1) is 0 Å². The van der Waals surface area contributed by atoms with Crippen LogP contribution in [-0.4, -0.2) is 71.0 Å². The highest BCUT2D eigenvalue weighted by molar-refractivity contribution is 7.96. The molecule has 2 aliphatic rings. The molecule has 0 aromatic heterocycles. The normalized spacial score (nSPS) is 20.1. The number of nitrogens with zero attached hydrogens (tertiary/aromatic N) is 2. The molecule has 9 heteroatoms. The number of carbonyl (C=O) groups excluding carboxylic acids is 1. The molecule has 1 saturated heterocycles. The Morgan fingerprint density at radius 2 is 1.71 bits per heavy atom. The summed E-state index contributed by atoms with van der Waals surface area (Å²) in [5, 5.41) is -1.30. The number of hydrogen-bond acceptors (Lipinski definition) is 6. The molecule has 2 aromatic rings. The van der Waals surface area contributed by atoms with Crippen LogP contribution in [0.3, 0.4) is 0 Å². The van der Waals surface area contributed by atoms with Gasteiger partial charge in [0, 0.05) is 30.8 Å². The highest BCUT2D eigenvalue weighted by atomic mass is 32.2. The SMILES string of the molecule is CCCN(CCN1CCCCC1)C(=O)c1cccc2c1C(S(=O)(=O)c1ccccc1)CS2(=O)=O. The maximum atomic E-state index is 13.7. The third-order valence-corrected chi connectivity index (χ3v) is 10.8. The van der Waals surface area contributed by atoms with E-state index in [2.05, 4.69) is 4.90 Å². The van der Waals surface area contributed by atoms with E-state index >= 15 is 0 Å². The van der Waals surface area contributed by atoms with Gasteiger partial charge in [-0.2, -0.15) is 0 Å². The van der Waals surface area contributed by atoms with Crippen molar-refractivity contribution in [2.24, 2.45) is 0 Å². The smallest absolute Gasteiger partial charge is 0.254 e. The average Bonchev–Trinajstić information content (AvgIpc) is 3.14. The first-order valence-electron chi connectivity index (χ1n) is 11.9. The fourth-order valence-corrected chi connectivity index (χ4v) is 9.30. The van der Waals surface area contributed by atoms with Gasteiger partial charge < -0.3 is 9.80 Å². The topological polar surface area (TPSA) is 91.8 Å². The van der Waals surface area contributed by atoms with E-state index in [4.69, 9.17) is 0 Å². The Labute approximate surface area is 202 Å². The molecule has 4 rings (SSSR count). The van der Waals surface area contributed by atoms with Crippen LogP contribution in [0.1, 0.15) is 53.8 Å². The van der Waals surface area contributed by atoms with Crippen LogP contribution >= 0.6 is 0 Å². The van der Waals surface area contributed by atoms with E-state index in [1.54, 1.807) is 29.2 Å². The summed E-state index contributed by atoms with van der Waals surface area (Å²) in [5.74, 6) is -0.855. The molecule has 34 heavy (non-hydrogen) atoms. The number of hydrogen-bond donors (Lipinski definition) is 0. The molecule has 2 aromatic carbocycles. The van der Waals surface area contributed by atoms with Crippen LogP contribution in [0.4, 0.5) is 0 Å². The van der Waals surface area contributed by atoms with Gasteiger partial charge in [0.1, 0.15) is 5.25 Å². The highest BCUT2D eigenvalue weighted by Gasteiger charge is 2.45. The lowest BCUT2D eigenvalue weighted by atomic mass is 10.0. The zero-order chi connectivity index (χ0) is 24.3. The van der Waals surface area contributed by atoms with E-state index in [9.17, 15) is 21.6 Å². The van der Waals surface area contributed by atoms with Gasteiger partial charge in [-0.05, 0) is 56.6 Å². The van der Waals surface area contributed by atoms with Gasteiger partial charge in [0.15, 0.2) is 19.7 Å².